The van der Waals surface area contributed by atoms with E-state index >= 15 is 0 Å². The molecule has 5 heteroatoms. The highest BCUT2D eigenvalue weighted by molar-refractivity contribution is 5.98. The molecule has 2 aromatic carbocycles. The summed E-state index contributed by atoms with van der Waals surface area (Å²) in [5.41, 5.74) is 3.48. The number of carbonyl (C=O) groups is 1. The number of benzene rings is 2. The highest BCUT2D eigenvalue weighted by Gasteiger charge is 2.23. The third-order valence-corrected chi connectivity index (χ3v) is 5.30. The maximum atomic E-state index is 12.7. The molecule has 0 amide bonds. The maximum Gasteiger partial charge on any atom is 0.374 e. The van der Waals surface area contributed by atoms with Gasteiger partial charge < -0.3 is 19.2 Å². The van der Waals surface area contributed by atoms with Gasteiger partial charge in [0.15, 0.2) is 0 Å². The number of nitrogens with one attached hydrogen (secondary N) is 1. The van der Waals surface area contributed by atoms with Crippen molar-refractivity contribution < 1.29 is 18.7 Å². The van der Waals surface area contributed by atoms with Gasteiger partial charge in [0.2, 0.25) is 5.76 Å². The van der Waals surface area contributed by atoms with Crippen LogP contribution in [0.4, 0.5) is 0 Å². The van der Waals surface area contributed by atoms with Gasteiger partial charge in [-0.25, -0.2) is 4.79 Å². The largest absolute Gasteiger partial charge is 0.490 e. The van der Waals surface area contributed by atoms with Crippen LogP contribution in [0.2, 0.25) is 0 Å². The fourth-order valence-corrected chi connectivity index (χ4v) is 3.63. The average Bonchev–Trinajstić information content (AvgIpc) is 3.06. The topological polar surface area (TPSA) is 60.7 Å². The smallest absolute Gasteiger partial charge is 0.374 e. The Morgan fingerprint density at radius 3 is 2.68 bits per heavy atom. The van der Waals surface area contributed by atoms with Crippen molar-refractivity contribution in [3.63, 3.8) is 0 Å². The van der Waals surface area contributed by atoms with Crippen LogP contribution in [0.5, 0.6) is 5.75 Å². The minimum atomic E-state index is -0.454. The number of ether oxygens (including phenoxy) is 2. The first-order valence-corrected chi connectivity index (χ1v) is 9.74. The Morgan fingerprint density at radius 2 is 1.89 bits per heavy atom. The molecule has 5 nitrogen and oxygen atoms in total. The van der Waals surface area contributed by atoms with Crippen molar-refractivity contribution in [2.45, 2.75) is 39.4 Å². The van der Waals surface area contributed by atoms with Gasteiger partial charge in [-0.2, -0.15) is 0 Å². The summed E-state index contributed by atoms with van der Waals surface area (Å²) >= 11 is 0. The summed E-state index contributed by atoms with van der Waals surface area (Å²) in [7, 11) is 0. The molecule has 1 aliphatic rings. The summed E-state index contributed by atoms with van der Waals surface area (Å²) in [4.78, 5) is 12.7. The number of furan rings is 1. The highest BCUT2D eigenvalue weighted by Crippen LogP contribution is 2.34. The molecule has 4 rings (SSSR count). The zero-order chi connectivity index (χ0) is 19.5. The summed E-state index contributed by atoms with van der Waals surface area (Å²) < 4.78 is 17.6. The summed E-state index contributed by atoms with van der Waals surface area (Å²) in [5, 5.41) is 4.19. The quantitative estimate of drug-likeness (QED) is 0.660. The number of piperidine rings is 1. The summed E-state index contributed by atoms with van der Waals surface area (Å²) in [6.45, 7) is 6.02. The molecule has 0 unspecified atom stereocenters. The molecule has 2 heterocycles. The van der Waals surface area contributed by atoms with Gasteiger partial charge in [-0.1, -0.05) is 30.3 Å². The molecule has 146 valence electrons. The predicted octanol–water partition coefficient (Wildman–Crippen LogP) is 4.54. The third-order valence-electron chi connectivity index (χ3n) is 5.30. The van der Waals surface area contributed by atoms with Crippen molar-refractivity contribution in [2.24, 2.45) is 0 Å². The minimum absolute atomic E-state index is 0.178. The Kier molecular flexibility index (Phi) is 5.35. The molecule has 3 aromatic rings. The number of carbonyl (C=O) groups excluding carboxylic acids is 1. The van der Waals surface area contributed by atoms with Gasteiger partial charge in [0.1, 0.15) is 24.0 Å². The number of hydrogen-bond donors (Lipinski definition) is 1. The first-order valence-electron chi connectivity index (χ1n) is 9.74. The number of rotatable bonds is 5. The summed E-state index contributed by atoms with van der Waals surface area (Å²) in [6, 6.07) is 13.6. The Bertz CT molecular complexity index is 985. The van der Waals surface area contributed by atoms with Crippen LogP contribution in [0.15, 0.2) is 46.9 Å². The Hall–Kier alpha value is -2.79. The van der Waals surface area contributed by atoms with Gasteiger partial charge in [0.05, 0.1) is 5.39 Å². The fraction of sp³-hybridized carbons (Fsp3) is 0.348. The number of esters is 1. The molecule has 1 fully saturated rings. The third kappa shape index (κ3) is 3.76. The molecule has 1 saturated heterocycles. The molecule has 1 N–H and O–H groups in total. The van der Waals surface area contributed by atoms with E-state index in [1.165, 1.54) is 0 Å². The van der Waals surface area contributed by atoms with E-state index in [9.17, 15) is 4.79 Å². The van der Waals surface area contributed by atoms with Crippen LogP contribution in [0, 0.1) is 13.8 Å². The van der Waals surface area contributed by atoms with E-state index in [2.05, 4.69) is 5.32 Å². The van der Waals surface area contributed by atoms with Crippen LogP contribution in [0.3, 0.4) is 0 Å². The van der Waals surface area contributed by atoms with Crippen molar-refractivity contribution in [3.8, 4) is 5.75 Å². The second-order valence-corrected chi connectivity index (χ2v) is 7.26. The molecular formula is C23H25NO4. The van der Waals surface area contributed by atoms with Gasteiger partial charge in [0, 0.05) is 5.56 Å². The first kappa shape index (κ1) is 18.6. The van der Waals surface area contributed by atoms with Crippen molar-refractivity contribution in [3.05, 3.63) is 64.9 Å². The van der Waals surface area contributed by atoms with E-state index in [0.717, 1.165) is 53.8 Å². The van der Waals surface area contributed by atoms with Crippen molar-refractivity contribution >= 4 is 16.9 Å². The van der Waals surface area contributed by atoms with E-state index in [0.29, 0.717) is 5.58 Å². The molecule has 1 aliphatic heterocycles. The molecule has 0 bridgehead atoms. The van der Waals surface area contributed by atoms with E-state index in [1.54, 1.807) is 0 Å². The van der Waals surface area contributed by atoms with Crippen LogP contribution < -0.4 is 10.1 Å². The maximum absolute atomic E-state index is 12.7. The molecule has 28 heavy (non-hydrogen) atoms. The zero-order valence-electron chi connectivity index (χ0n) is 16.3. The average molecular weight is 379 g/mol. The van der Waals surface area contributed by atoms with Crippen molar-refractivity contribution in [2.75, 3.05) is 13.1 Å². The van der Waals surface area contributed by atoms with Gasteiger partial charge in [0.25, 0.3) is 0 Å². The number of fused-ring (bicyclic) bond motifs is 1. The van der Waals surface area contributed by atoms with Gasteiger partial charge in [-0.3, -0.25) is 0 Å². The minimum Gasteiger partial charge on any atom is -0.490 e. The molecule has 0 saturated carbocycles. The van der Waals surface area contributed by atoms with Gasteiger partial charge in [-0.15, -0.1) is 0 Å². The molecule has 0 atom stereocenters. The van der Waals surface area contributed by atoms with Gasteiger partial charge >= 0.3 is 5.97 Å². The van der Waals surface area contributed by atoms with Crippen LogP contribution in [0.1, 0.15) is 40.1 Å². The van der Waals surface area contributed by atoms with Crippen molar-refractivity contribution in [1.29, 1.82) is 0 Å². The van der Waals surface area contributed by atoms with Crippen LogP contribution in [-0.2, 0) is 11.3 Å². The fourth-order valence-electron chi connectivity index (χ4n) is 3.63. The van der Waals surface area contributed by atoms with E-state index < -0.39 is 5.97 Å². The highest BCUT2D eigenvalue weighted by atomic mass is 16.5. The normalized spacial score (nSPS) is 14.9. The lowest BCUT2D eigenvalue weighted by molar-refractivity contribution is 0.0437. The van der Waals surface area contributed by atoms with Crippen LogP contribution >= 0.6 is 0 Å². The molecular weight excluding hydrogens is 354 g/mol. The molecule has 1 aromatic heterocycles. The summed E-state index contributed by atoms with van der Waals surface area (Å²) in [5.74, 6) is 0.554. The SMILES string of the molecule is Cc1ccccc1COC(=O)c1oc2cccc(OC3CCNCC3)c2c1C. The molecule has 0 radical (unpaired) electrons. The van der Waals surface area contributed by atoms with E-state index in [-0.39, 0.29) is 18.5 Å². The zero-order valence-corrected chi connectivity index (χ0v) is 16.3. The Morgan fingerprint density at radius 1 is 1.11 bits per heavy atom. The van der Waals surface area contributed by atoms with E-state index in [1.807, 2.05) is 56.3 Å². The van der Waals surface area contributed by atoms with Crippen LogP contribution in [0.25, 0.3) is 11.0 Å². The Labute approximate surface area is 164 Å². The van der Waals surface area contributed by atoms with Gasteiger partial charge in [-0.05, 0) is 63.0 Å². The molecule has 0 aliphatic carbocycles. The number of aryl methyl sites for hydroxylation is 2. The van der Waals surface area contributed by atoms with E-state index in [4.69, 9.17) is 13.9 Å². The Balaban J connectivity index is 1.56. The monoisotopic (exact) mass is 379 g/mol. The lowest BCUT2D eigenvalue weighted by atomic mass is 10.1. The predicted molar refractivity (Wildman–Crippen MR) is 108 cm³/mol. The second kappa shape index (κ2) is 8.07. The lowest BCUT2D eigenvalue weighted by Gasteiger charge is -2.24. The number of hydrogen-bond acceptors (Lipinski definition) is 5. The standard InChI is InChI=1S/C23H25NO4/c1-15-6-3-4-7-17(15)14-26-23(25)22-16(2)21-19(8-5-9-20(21)28-22)27-18-10-12-24-13-11-18/h3-9,18,24H,10-14H2,1-2H3. The molecule has 0 spiro atoms. The van der Waals surface area contributed by atoms with Crippen LogP contribution in [-0.4, -0.2) is 25.2 Å². The first-order chi connectivity index (χ1) is 13.6. The second-order valence-electron chi connectivity index (χ2n) is 7.26. The lowest BCUT2D eigenvalue weighted by Crippen LogP contribution is -2.34. The van der Waals surface area contributed by atoms with Crippen molar-refractivity contribution in [1.82, 2.24) is 5.32 Å². The summed E-state index contributed by atoms with van der Waals surface area (Å²) in [6.07, 6.45) is 2.12.